The summed E-state index contributed by atoms with van der Waals surface area (Å²) in [6.07, 6.45) is 2.28. The van der Waals surface area contributed by atoms with Crippen LogP contribution in [0.4, 0.5) is 0 Å². The van der Waals surface area contributed by atoms with E-state index in [1.165, 1.54) is 0 Å². The average Bonchev–Trinajstić information content (AvgIpc) is 3.32. The Kier molecular flexibility index (Phi) is 6.02. The Labute approximate surface area is 129 Å². The molecule has 1 atom stereocenters. The van der Waals surface area contributed by atoms with Crippen molar-refractivity contribution in [1.29, 1.82) is 0 Å². The highest BCUT2D eigenvalue weighted by Gasteiger charge is 2.52. The van der Waals surface area contributed by atoms with E-state index in [1.807, 2.05) is 6.92 Å². The Balaban J connectivity index is 2.03. The highest BCUT2D eigenvalue weighted by atomic mass is 16.5. The molecule has 2 fully saturated rings. The fraction of sp³-hybridized carbons (Fsp3) is 0.938. The largest absolute Gasteiger partial charge is 0.465 e. The van der Waals surface area contributed by atoms with Gasteiger partial charge >= 0.3 is 5.97 Å². The van der Waals surface area contributed by atoms with Gasteiger partial charge in [0.25, 0.3) is 0 Å². The number of esters is 1. The highest BCUT2D eigenvalue weighted by molar-refractivity contribution is 5.82. The lowest BCUT2D eigenvalue weighted by Crippen LogP contribution is -2.63. The van der Waals surface area contributed by atoms with E-state index in [0.717, 1.165) is 58.7 Å². The molecule has 5 heteroatoms. The summed E-state index contributed by atoms with van der Waals surface area (Å²) in [4.78, 5) is 17.5. The van der Waals surface area contributed by atoms with Crippen molar-refractivity contribution in [1.82, 2.24) is 15.1 Å². The van der Waals surface area contributed by atoms with Crippen LogP contribution < -0.4 is 5.32 Å². The smallest absolute Gasteiger partial charge is 0.327 e. The van der Waals surface area contributed by atoms with Crippen molar-refractivity contribution in [2.24, 2.45) is 5.92 Å². The third-order valence-corrected chi connectivity index (χ3v) is 4.79. The molecular weight excluding hydrogens is 266 g/mol. The van der Waals surface area contributed by atoms with Gasteiger partial charge in [-0.2, -0.15) is 0 Å². The number of hydrogen-bond donors (Lipinski definition) is 1. The number of carbonyl (C=O) groups is 1. The third kappa shape index (κ3) is 3.96. The van der Waals surface area contributed by atoms with Gasteiger partial charge in [-0.25, -0.2) is 4.79 Å². The van der Waals surface area contributed by atoms with Crippen molar-refractivity contribution < 1.29 is 9.53 Å². The first-order valence-electron chi connectivity index (χ1n) is 8.53. The normalized spacial score (nSPS) is 23.8. The van der Waals surface area contributed by atoms with E-state index in [2.05, 4.69) is 29.0 Å². The number of ether oxygens (including phenoxy) is 1. The molecule has 0 amide bonds. The van der Waals surface area contributed by atoms with Crippen LogP contribution in [0.1, 0.15) is 33.6 Å². The van der Waals surface area contributed by atoms with Crippen molar-refractivity contribution in [2.75, 3.05) is 52.4 Å². The fourth-order valence-corrected chi connectivity index (χ4v) is 3.40. The minimum absolute atomic E-state index is 0.0488. The van der Waals surface area contributed by atoms with E-state index in [0.29, 0.717) is 12.5 Å². The van der Waals surface area contributed by atoms with Gasteiger partial charge in [0, 0.05) is 32.7 Å². The standard InChI is InChI=1S/C16H31N3O2/c1-4-17-16(14-7-8-14,15(20)21-6-3)13-19-11-9-18(5-2)10-12-19/h14,17H,4-13H2,1-3H3. The zero-order chi connectivity index (χ0) is 15.3. The zero-order valence-electron chi connectivity index (χ0n) is 13.9. The third-order valence-electron chi connectivity index (χ3n) is 4.79. The summed E-state index contributed by atoms with van der Waals surface area (Å²) in [6, 6.07) is 0. The number of nitrogens with zero attached hydrogens (tertiary/aromatic N) is 2. The quantitative estimate of drug-likeness (QED) is 0.676. The molecule has 1 saturated carbocycles. The number of piperazine rings is 1. The van der Waals surface area contributed by atoms with Crippen LogP contribution in [0.15, 0.2) is 0 Å². The van der Waals surface area contributed by atoms with Gasteiger partial charge in [-0.1, -0.05) is 13.8 Å². The summed E-state index contributed by atoms with van der Waals surface area (Å²) in [5, 5.41) is 3.49. The van der Waals surface area contributed by atoms with E-state index in [4.69, 9.17) is 4.74 Å². The number of hydrogen-bond acceptors (Lipinski definition) is 5. The summed E-state index contributed by atoms with van der Waals surface area (Å²) >= 11 is 0. The van der Waals surface area contributed by atoms with Crippen LogP contribution in [0.2, 0.25) is 0 Å². The van der Waals surface area contributed by atoms with Crippen molar-refractivity contribution in [3.05, 3.63) is 0 Å². The maximum Gasteiger partial charge on any atom is 0.327 e. The Bertz CT molecular complexity index is 338. The van der Waals surface area contributed by atoms with Crippen LogP contribution in [0.3, 0.4) is 0 Å². The number of likely N-dealkylation sites (N-methyl/N-ethyl adjacent to an activating group) is 2. The first kappa shape index (κ1) is 16.7. The lowest BCUT2D eigenvalue weighted by atomic mass is 9.91. The summed E-state index contributed by atoms with van der Waals surface area (Å²) < 4.78 is 5.41. The zero-order valence-corrected chi connectivity index (χ0v) is 13.9. The fourth-order valence-electron chi connectivity index (χ4n) is 3.40. The van der Waals surface area contributed by atoms with Crippen molar-refractivity contribution >= 4 is 5.97 Å². The molecule has 2 rings (SSSR count). The van der Waals surface area contributed by atoms with Crippen LogP contribution in [-0.2, 0) is 9.53 Å². The minimum Gasteiger partial charge on any atom is -0.465 e. The molecule has 0 aromatic rings. The molecule has 0 aromatic carbocycles. The second-order valence-electron chi connectivity index (χ2n) is 6.21. The van der Waals surface area contributed by atoms with Gasteiger partial charge in [0.2, 0.25) is 0 Å². The van der Waals surface area contributed by atoms with E-state index in [1.54, 1.807) is 0 Å². The van der Waals surface area contributed by atoms with Crippen LogP contribution in [-0.4, -0.2) is 73.7 Å². The molecular formula is C16H31N3O2. The molecule has 1 aliphatic heterocycles. The topological polar surface area (TPSA) is 44.8 Å². The second-order valence-corrected chi connectivity index (χ2v) is 6.21. The average molecular weight is 297 g/mol. The maximum absolute atomic E-state index is 12.6. The van der Waals surface area contributed by atoms with Gasteiger partial charge in [-0.3, -0.25) is 4.90 Å². The van der Waals surface area contributed by atoms with Crippen LogP contribution in [0.25, 0.3) is 0 Å². The van der Waals surface area contributed by atoms with E-state index >= 15 is 0 Å². The van der Waals surface area contributed by atoms with Gasteiger partial charge < -0.3 is 15.0 Å². The van der Waals surface area contributed by atoms with E-state index < -0.39 is 5.54 Å². The highest BCUT2D eigenvalue weighted by Crippen LogP contribution is 2.41. The molecule has 0 radical (unpaired) electrons. The molecule has 0 spiro atoms. The Morgan fingerprint density at radius 1 is 1.14 bits per heavy atom. The minimum atomic E-state index is -0.487. The van der Waals surface area contributed by atoms with Crippen LogP contribution in [0, 0.1) is 5.92 Å². The van der Waals surface area contributed by atoms with Gasteiger partial charge in [0.05, 0.1) is 6.61 Å². The van der Waals surface area contributed by atoms with Crippen molar-refractivity contribution in [3.8, 4) is 0 Å². The Morgan fingerprint density at radius 2 is 1.76 bits per heavy atom. The Hall–Kier alpha value is -0.650. The maximum atomic E-state index is 12.6. The van der Waals surface area contributed by atoms with Crippen LogP contribution in [0.5, 0.6) is 0 Å². The summed E-state index contributed by atoms with van der Waals surface area (Å²) in [7, 11) is 0. The van der Waals surface area contributed by atoms with Gasteiger partial charge in [0.1, 0.15) is 5.54 Å². The first-order valence-corrected chi connectivity index (χ1v) is 8.53. The molecule has 1 saturated heterocycles. The molecule has 1 heterocycles. The number of carbonyl (C=O) groups excluding carboxylic acids is 1. The molecule has 1 unspecified atom stereocenters. The molecule has 122 valence electrons. The SMILES string of the molecule is CCNC(CN1CCN(CC)CC1)(C(=O)OCC)C1CC1. The van der Waals surface area contributed by atoms with Gasteiger partial charge in [-0.15, -0.1) is 0 Å². The van der Waals surface area contributed by atoms with E-state index in [9.17, 15) is 4.79 Å². The van der Waals surface area contributed by atoms with Crippen molar-refractivity contribution in [3.63, 3.8) is 0 Å². The molecule has 21 heavy (non-hydrogen) atoms. The lowest BCUT2D eigenvalue weighted by Gasteiger charge is -2.41. The monoisotopic (exact) mass is 297 g/mol. The summed E-state index contributed by atoms with van der Waals surface area (Å²) in [5.74, 6) is 0.396. The number of nitrogens with one attached hydrogen (secondary N) is 1. The first-order chi connectivity index (χ1) is 10.2. The lowest BCUT2D eigenvalue weighted by molar-refractivity contribution is -0.153. The Morgan fingerprint density at radius 3 is 2.24 bits per heavy atom. The molecule has 1 aliphatic carbocycles. The molecule has 0 bridgehead atoms. The predicted octanol–water partition coefficient (Wildman–Crippen LogP) is 0.945. The van der Waals surface area contributed by atoms with Gasteiger partial charge in [-0.05, 0) is 38.8 Å². The summed E-state index contributed by atoms with van der Waals surface area (Å²) in [5.41, 5.74) is -0.487. The number of rotatable bonds is 8. The van der Waals surface area contributed by atoms with E-state index in [-0.39, 0.29) is 5.97 Å². The van der Waals surface area contributed by atoms with Gasteiger partial charge in [0.15, 0.2) is 0 Å². The summed E-state index contributed by atoms with van der Waals surface area (Å²) in [6.45, 7) is 13.7. The molecule has 1 N–H and O–H groups in total. The molecule has 2 aliphatic rings. The van der Waals surface area contributed by atoms with Crippen molar-refractivity contribution in [2.45, 2.75) is 39.2 Å². The molecule has 5 nitrogen and oxygen atoms in total. The predicted molar refractivity (Wildman–Crippen MR) is 84.3 cm³/mol. The second kappa shape index (κ2) is 7.56. The molecule has 0 aromatic heterocycles. The van der Waals surface area contributed by atoms with Crippen LogP contribution >= 0.6 is 0 Å².